The van der Waals surface area contributed by atoms with E-state index in [1.54, 1.807) is 18.2 Å². The molecule has 1 heterocycles. The van der Waals surface area contributed by atoms with Crippen LogP contribution in [0.5, 0.6) is 5.75 Å². The van der Waals surface area contributed by atoms with E-state index < -0.39 is 17.7 Å². The third-order valence-electron chi connectivity index (χ3n) is 2.43. The largest absolute Gasteiger partial charge is 0.489 e. The van der Waals surface area contributed by atoms with Crippen molar-refractivity contribution in [3.05, 3.63) is 54.2 Å². The average molecular weight is 250 g/mol. The van der Waals surface area contributed by atoms with Crippen molar-refractivity contribution in [1.82, 2.24) is 0 Å². The Morgan fingerprint density at radius 3 is 2.72 bits per heavy atom. The second-order valence-electron chi connectivity index (χ2n) is 3.65. The average Bonchev–Trinajstić information content (AvgIpc) is 2.85. The molecule has 0 saturated heterocycles. The molecule has 0 spiro atoms. The van der Waals surface area contributed by atoms with Crippen molar-refractivity contribution in [2.45, 2.75) is 5.92 Å². The summed E-state index contributed by atoms with van der Waals surface area (Å²) in [6.07, 6.45) is 1.38. The third-order valence-corrected chi connectivity index (χ3v) is 2.43. The molecular formula is C13H11FO4. The Kier molecular flexibility index (Phi) is 3.62. The molecule has 5 heteroatoms. The minimum absolute atomic E-state index is 0.0234. The molecule has 1 N–H and O–H groups in total. The van der Waals surface area contributed by atoms with Gasteiger partial charge >= 0.3 is 5.97 Å². The van der Waals surface area contributed by atoms with Gasteiger partial charge in [0.1, 0.15) is 18.3 Å². The molecule has 1 atom stereocenters. The van der Waals surface area contributed by atoms with E-state index in [0.29, 0.717) is 0 Å². The fourth-order valence-corrected chi connectivity index (χ4v) is 1.50. The van der Waals surface area contributed by atoms with Crippen molar-refractivity contribution in [2.24, 2.45) is 0 Å². The molecule has 0 aliphatic carbocycles. The zero-order chi connectivity index (χ0) is 13.0. The van der Waals surface area contributed by atoms with Gasteiger partial charge in [-0.1, -0.05) is 12.1 Å². The maximum absolute atomic E-state index is 13.3. The van der Waals surface area contributed by atoms with Crippen molar-refractivity contribution >= 4 is 5.97 Å². The summed E-state index contributed by atoms with van der Waals surface area (Å²) in [6.45, 7) is -0.191. The molecule has 0 amide bonds. The van der Waals surface area contributed by atoms with Crippen LogP contribution in [-0.4, -0.2) is 17.7 Å². The Hall–Kier alpha value is -2.30. The van der Waals surface area contributed by atoms with E-state index in [4.69, 9.17) is 14.3 Å². The molecule has 1 unspecified atom stereocenters. The Balaban J connectivity index is 2.08. The summed E-state index contributed by atoms with van der Waals surface area (Å²) < 4.78 is 23.5. The standard InChI is InChI=1S/C13H11FO4/c14-10-4-1-2-5-12(10)18-8-9(13(15)16)11-6-3-7-17-11/h1-7,9H,8H2,(H,15,16). The van der Waals surface area contributed by atoms with Crippen LogP contribution in [-0.2, 0) is 4.79 Å². The fraction of sp³-hybridized carbons (Fsp3) is 0.154. The van der Waals surface area contributed by atoms with Crippen LogP contribution in [0.4, 0.5) is 4.39 Å². The molecule has 2 aromatic rings. The number of hydrogen-bond donors (Lipinski definition) is 1. The van der Waals surface area contributed by atoms with Crippen molar-refractivity contribution in [3.63, 3.8) is 0 Å². The van der Waals surface area contributed by atoms with Crippen molar-refractivity contribution in [1.29, 1.82) is 0 Å². The summed E-state index contributed by atoms with van der Waals surface area (Å²) in [5.41, 5.74) is 0. The van der Waals surface area contributed by atoms with Crippen LogP contribution in [0.1, 0.15) is 11.7 Å². The Labute approximate surface area is 103 Å². The molecule has 4 nitrogen and oxygen atoms in total. The Morgan fingerprint density at radius 1 is 1.33 bits per heavy atom. The lowest BCUT2D eigenvalue weighted by atomic mass is 10.1. The van der Waals surface area contributed by atoms with E-state index in [9.17, 15) is 9.18 Å². The van der Waals surface area contributed by atoms with Crippen LogP contribution in [0.3, 0.4) is 0 Å². The van der Waals surface area contributed by atoms with Gasteiger partial charge in [0.05, 0.1) is 6.26 Å². The summed E-state index contributed by atoms with van der Waals surface area (Å²) in [6, 6.07) is 8.97. The molecule has 1 aromatic carbocycles. The first kappa shape index (κ1) is 12.2. The predicted octanol–water partition coefficient (Wildman–Crippen LogP) is 2.67. The maximum Gasteiger partial charge on any atom is 0.317 e. The van der Waals surface area contributed by atoms with E-state index in [2.05, 4.69) is 0 Å². The molecule has 0 saturated carbocycles. The number of benzene rings is 1. The summed E-state index contributed by atoms with van der Waals surface area (Å²) in [7, 11) is 0. The minimum Gasteiger partial charge on any atom is -0.489 e. The highest BCUT2D eigenvalue weighted by Crippen LogP contribution is 2.21. The number of carboxylic acids is 1. The molecule has 0 fully saturated rings. The monoisotopic (exact) mass is 250 g/mol. The highest BCUT2D eigenvalue weighted by molar-refractivity contribution is 5.75. The fourth-order valence-electron chi connectivity index (χ4n) is 1.50. The summed E-state index contributed by atoms with van der Waals surface area (Å²) in [5.74, 6) is -2.27. The van der Waals surface area contributed by atoms with Gasteiger partial charge in [-0.05, 0) is 24.3 Å². The summed E-state index contributed by atoms with van der Waals surface area (Å²) in [4.78, 5) is 11.1. The Morgan fingerprint density at radius 2 is 2.11 bits per heavy atom. The quantitative estimate of drug-likeness (QED) is 0.886. The number of furan rings is 1. The van der Waals surface area contributed by atoms with E-state index in [1.807, 2.05) is 0 Å². The number of halogens is 1. The van der Waals surface area contributed by atoms with Gasteiger partial charge in [0.15, 0.2) is 11.6 Å². The van der Waals surface area contributed by atoms with Gasteiger partial charge in [-0.25, -0.2) is 4.39 Å². The number of aliphatic carboxylic acids is 1. The highest BCUT2D eigenvalue weighted by atomic mass is 19.1. The highest BCUT2D eigenvalue weighted by Gasteiger charge is 2.23. The number of carbonyl (C=O) groups is 1. The first-order valence-electron chi connectivity index (χ1n) is 5.32. The maximum atomic E-state index is 13.3. The van der Waals surface area contributed by atoms with Gasteiger partial charge < -0.3 is 14.3 Å². The molecule has 0 aliphatic heterocycles. The SMILES string of the molecule is O=C(O)C(COc1ccccc1F)c1ccco1. The lowest BCUT2D eigenvalue weighted by Crippen LogP contribution is -2.19. The van der Waals surface area contributed by atoms with Crippen LogP contribution >= 0.6 is 0 Å². The van der Waals surface area contributed by atoms with Crippen LogP contribution in [0.25, 0.3) is 0 Å². The van der Waals surface area contributed by atoms with E-state index >= 15 is 0 Å². The smallest absolute Gasteiger partial charge is 0.317 e. The molecule has 2 rings (SSSR count). The molecule has 0 aliphatic rings. The lowest BCUT2D eigenvalue weighted by molar-refractivity contribution is -0.140. The van der Waals surface area contributed by atoms with Gasteiger partial charge in [-0.2, -0.15) is 0 Å². The van der Waals surface area contributed by atoms with Crippen LogP contribution < -0.4 is 4.74 Å². The van der Waals surface area contributed by atoms with Crippen LogP contribution in [0.2, 0.25) is 0 Å². The number of rotatable bonds is 5. The second-order valence-corrected chi connectivity index (χ2v) is 3.65. The molecule has 1 aromatic heterocycles. The minimum atomic E-state index is -1.08. The van der Waals surface area contributed by atoms with Crippen molar-refractivity contribution < 1.29 is 23.4 Å². The number of carboxylic acid groups (broad SMARTS) is 1. The van der Waals surface area contributed by atoms with Gasteiger partial charge in [0, 0.05) is 0 Å². The van der Waals surface area contributed by atoms with E-state index in [1.165, 1.54) is 24.5 Å². The third kappa shape index (κ3) is 2.68. The van der Waals surface area contributed by atoms with Gasteiger partial charge in [0.2, 0.25) is 0 Å². The molecular weight excluding hydrogens is 239 g/mol. The van der Waals surface area contributed by atoms with Crippen molar-refractivity contribution in [2.75, 3.05) is 6.61 Å². The number of para-hydroxylation sites is 1. The first-order chi connectivity index (χ1) is 8.68. The van der Waals surface area contributed by atoms with Gasteiger partial charge in [-0.3, -0.25) is 4.79 Å². The first-order valence-corrected chi connectivity index (χ1v) is 5.32. The topological polar surface area (TPSA) is 59.7 Å². The van der Waals surface area contributed by atoms with Crippen LogP contribution in [0, 0.1) is 5.82 Å². The zero-order valence-corrected chi connectivity index (χ0v) is 9.38. The normalized spacial score (nSPS) is 12.1. The summed E-state index contributed by atoms with van der Waals surface area (Å²) >= 11 is 0. The Bertz CT molecular complexity index is 522. The molecule has 0 bridgehead atoms. The molecule has 18 heavy (non-hydrogen) atoms. The number of hydrogen-bond acceptors (Lipinski definition) is 3. The van der Waals surface area contributed by atoms with Crippen LogP contribution in [0.15, 0.2) is 47.1 Å². The number of ether oxygens (including phenoxy) is 1. The van der Waals surface area contributed by atoms with E-state index in [-0.39, 0.29) is 18.1 Å². The molecule has 0 radical (unpaired) electrons. The predicted molar refractivity (Wildman–Crippen MR) is 61.0 cm³/mol. The molecule has 94 valence electrons. The summed E-state index contributed by atoms with van der Waals surface area (Å²) in [5, 5.41) is 9.06. The van der Waals surface area contributed by atoms with E-state index in [0.717, 1.165) is 0 Å². The lowest BCUT2D eigenvalue weighted by Gasteiger charge is -2.12. The second kappa shape index (κ2) is 5.35. The zero-order valence-electron chi connectivity index (χ0n) is 9.38. The van der Waals surface area contributed by atoms with Crippen molar-refractivity contribution in [3.8, 4) is 5.75 Å². The van der Waals surface area contributed by atoms with Gasteiger partial charge in [0.25, 0.3) is 0 Å². The van der Waals surface area contributed by atoms with Gasteiger partial charge in [-0.15, -0.1) is 0 Å².